The van der Waals surface area contributed by atoms with Crippen molar-refractivity contribution in [3.8, 4) is 6.07 Å². The molecule has 1 heterocycles. The van der Waals surface area contributed by atoms with Crippen molar-refractivity contribution in [2.24, 2.45) is 0 Å². The Bertz CT molecular complexity index is 678. The molecule has 1 aliphatic rings. The molecule has 4 heteroatoms. The van der Waals surface area contributed by atoms with Crippen molar-refractivity contribution in [3.05, 3.63) is 64.2 Å². The highest BCUT2D eigenvalue weighted by molar-refractivity contribution is 7.98. The lowest BCUT2D eigenvalue weighted by molar-refractivity contribution is 0.871. The number of hydrogen-bond donors (Lipinski definition) is 1. The molecule has 3 rings (SSSR count). The summed E-state index contributed by atoms with van der Waals surface area (Å²) in [5.74, 6) is 2.10. The van der Waals surface area contributed by atoms with E-state index in [1.807, 2.05) is 23.9 Å². The standard InChI is InChI=1S/C16H13ClN2S/c17-15-6-5-13(7-12(15)8-18)19-16-10-20-9-11-3-1-2-4-14(11)16/h1-7,16,19H,9-10H2. The van der Waals surface area contributed by atoms with Gasteiger partial charge in [-0.15, -0.1) is 0 Å². The van der Waals surface area contributed by atoms with Crippen molar-refractivity contribution in [1.82, 2.24) is 0 Å². The van der Waals surface area contributed by atoms with Gasteiger partial charge in [0.2, 0.25) is 0 Å². The van der Waals surface area contributed by atoms with Crippen LogP contribution in [0, 0.1) is 11.3 Å². The first-order valence-corrected chi connectivity index (χ1v) is 7.93. The first kappa shape index (κ1) is 13.4. The lowest BCUT2D eigenvalue weighted by Crippen LogP contribution is -2.18. The molecule has 1 atom stereocenters. The van der Waals surface area contributed by atoms with E-state index in [-0.39, 0.29) is 6.04 Å². The Labute approximate surface area is 127 Å². The summed E-state index contributed by atoms with van der Waals surface area (Å²) < 4.78 is 0. The van der Waals surface area contributed by atoms with E-state index in [4.69, 9.17) is 16.9 Å². The van der Waals surface area contributed by atoms with E-state index in [1.165, 1.54) is 11.1 Å². The van der Waals surface area contributed by atoms with Gasteiger partial charge in [0.1, 0.15) is 6.07 Å². The molecular formula is C16H13ClN2S. The summed E-state index contributed by atoms with van der Waals surface area (Å²) in [6.45, 7) is 0. The van der Waals surface area contributed by atoms with Gasteiger partial charge in [-0.2, -0.15) is 17.0 Å². The summed E-state index contributed by atoms with van der Waals surface area (Å²) in [4.78, 5) is 0. The maximum atomic E-state index is 9.04. The van der Waals surface area contributed by atoms with Gasteiger partial charge >= 0.3 is 0 Å². The van der Waals surface area contributed by atoms with E-state index in [0.29, 0.717) is 10.6 Å². The normalized spacial score (nSPS) is 17.1. The van der Waals surface area contributed by atoms with E-state index in [1.54, 1.807) is 6.07 Å². The number of thioether (sulfide) groups is 1. The van der Waals surface area contributed by atoms with Gasteiger partial charge in [0.25, 0.3) is 0 Å². The molecule has 2 aromatic rings. The van der Waals surface area contributed by atoms with Crippen LogP contribution in [0.25, 0.3) is 0 Å². The predicted molar refractivity (Wildman–Crippen MR) is 85.1 cm³/mol. The SMILES string of the molecule is N#Cc1cc(NC2CSCc3ccccc32)ccc1Cl. The van der Waals surface area contributed by atoms with Crippen LogP contribution in [0.4, 0.5) is 5.69 Å². The monoisotopic (exact) mass is 300 g/mol. The number of rotatable bonds is 2. The summed E-state index contributed by atoms with van der Waals surface area (Å²) in [6, 6.07) is 16.4. The molecule has 0 aromatic heterocycles. The Kier molecular flexibility index (Phi) is 3.86. The Morgan fingerprint density at radius 3 is 2.95 bits per heavy atom. The van der Waals surface area contributed by atoms with E-state index in [2.05, 4.69) is 35.7 Å². The first-order chi connectivity index (χ1) is 9.78. The van der Waals surface area contributed by atoms with Crippen LogP contribution in [0.2, 0.25) is 5.02 Å². The molecule has 0 saturated carbocycles. The quantitative estimate of drug-likeness (QED) is 0.879. The van der Waals surface area contributed by atoms with Crippen LogP contribution < -0.4 is 5.32 Å². The van der Waals surface area contributed by atoms with Gasteiger partial charge in [-0.1, -0.05) is 35.9 Å². The van der Waals surface area contributed by atoms with Crippen LogP contribution in [-0.4, -0.2) is 5.75 Å². The molecular weight excluding hydrogens is 288 g/mol. The molecule has 1 aliphatic heterocycles. The van der Waals surface area contributed by atoms with Gasteiger partial charge in [-0.05, 0) is 29.3 Å². The highest BCUT2D eigenvalue weighted by Gasteiger charge is 2.20. The second kappa shape index (κ2) is 5.78. The topological polar surface area (TPSA) is 35.8 Å². The molecule has 0 saturated heterocycles. The Morgan fingerprint density at radius 1 is 1.25 bits per heavy atom. The number of nitrogens with zero attached hydrogens (tertiary/aromatic N) is 1. The molecule has 20 heavy (non-hydrogen) atoms. The van der Waals surface area contributed by atoms with Crippen molar-refractivity contribution in [1.29, 1.82) is 5.26 Å². The van der Waals surface area contributed by atoms with Gasteiger partial charge in [0.05, 0.1) is 16.6 Å². The molecule has 0 aliphatic carbocycles. The minimum atomic E-state index is 0.276. The second-order valence-corrected chi connectivity index (χ2v) is 6.15. The van der Waals surface area contributed by atoms with Crippen LogP contribution in [-0.2, 0) is 5.75 Å². The smallest absolute Gasteiger partial charge is 0.101 e. The van der Waals surface area contributed by atoms with Gasteiger partial charge in [-0.3, -0.25) is 0 Å². The van der Waals surface area contributed by atoms with Crippen LogP contribution >= 0.6 is 23.4 Å². The second-order valence-electron chi connectivity index (χ2n) is 4.72. The first-order valence-electron chi connectivity index (χ1n) is 6.39. The maximum Gasteiger partial charge on any atom is 0.101 e. The van der Waals surface area contributed by atoms with Crippen molar-refractivity contribution in [3.63, 3.8) is 0 Å². The molecule has 2 aromatic carbocycles. The fraction of sp³-hybridized carbons (Fsp3) is 0.188. The van der Waals surface area contributed by atoms with Gasteiger partial charge in [0, 0.05) is 17.2 Å². The Hall–Kier alpha value is -1.63. The highest BCUT2D eigenvalue weighted by Crippen LogP contribution is 2.34. The molecule has 1 unspecified atom stereocenters. The lowest BCUT2D eigenvalue weighted by Gasteiger charge is -2.27. The summed E-state index contributed by atoms with van der Waals surface area (Å²) in [5, 5.41) is 13.0. The molecule has 100 valence electrons. The molecule has 0 fully saturated rings. The third-order valence-electron chi connectivity index (χ3n) is 3.40. The fourth-order valence-electron chi connectivity index (χ4n) is 2.40. The minimum absolute atomic E-state index is 0.276. The number of benzene rings is 2. The predicted octanol–water partition coefficient (Wildman–Crippen LogP) is 4.61. The Morgan fingerprint density at radius 2 is 2.10 bits per heavy atom. The molecule has 1 N–H and O–H groups in total. The molecule has 0 spiro atoms. The summed E-state index contributed by atoms with van der Waals surface area (Å²) in [7, 11) is 0. The third kappa shape index (κ3) is 2.63. The average Bonchev–Trinajstić information content (AvgIpc) is 2.49. The van der Waals surface area contributed by atoms with Crippen molar-refractivity contribution in [2.75, 3.05) is 11.1 Å². The minimum Gasteiger partial charge on any atom is -0.377 e. The third-order valence-corrected chi connectivity index (χ3v) is 4.81. The maximum absolute atomic E-state index is 9.04. The zero-order valence-corrected chi connectivity index (χ0v) is 12.3. The van der Waals surface area contributed by atoms with Gasteiger partial charge < -0.3 is 5.32 Å². The number of fused-ring (bicyclic) bond motifs is 1. The fourth-order valence-corrected chi connectivity index (χ4v) is 3.66. The van der Waals surface area contributed by atoms with E-state index in [9.17, 15) is 0 Å². The summed E-state index contributed by atoms with van der Waals surface area (Å²) in [6.07, 6.45) is 0. The van der Waals surface area contributed by atoms with E-state index < -0.39 is 0 Å². The Balaban J connectivity index is 1.88. The van der Waals surface area contributed by atoms with E-state index >= 15 is 0 Å². The number of nitrogens with one attached hydrogen (secondary N) is 1. The summed E-state index contributed by atoms with van der Waals surface area (Å²) in [5.41, 5.74) is 4.18. The number of halogens is 1. The molecule has 0 radical (unpaired) electrons. The number of anilines is 1. The average molecular weight is 301 g/mol. The largest absolute Gasteiger partial charge is 0.377 e. The molecule has 0 bridgehead atoms. The van der Waals surface area contributed by atoms with Crippen LogP contribution in [0.5, 0.6) is 0 Å². The molecule has 0 amide bonds. The van der Waals surface area contributed by atoms with Crippen LogP contribution in [0.1, 0.15) is 22.7 Å². The highest BCUT2D eigenvalue weighted by atomic mass is 35.5. The zero-order chi connectivity index (χ0) is 13.9. The zero-order valence-electron chi connectivity index (χ0n) is 10.8. The summed E-state index contributed by atoms with van der Waals surface area (Å²) >= 11 is 7.89. The van der Waals surface area contributed by atoms with Crippen molar-refractivity contribution < 1.29 is 0 Å². The number of nitriles is 1. The van der Waals surface area contributed by atoms with Gasteiger partial charge in [-0.25, -0.2) is 0 Å². The molecule has 2 nitrogen and oxygen atoms in total. The van der Waals surface area contributed by atoms with Crippen LogP contribution in [0.3, 0.4) is 0 Å². The van der Waals surface area contributed by atoms with Crippen LogP contribution in [0.15, 0.2) is 42.5 Å². The lowest BCUT2D eigenvalue weighted by atomic mass is 10.0. The van der Waals surface area contributed by atoms with E-state index in [0.717, 1.165) is 17.2 Å². The number of hydrogen-bond acceptors (Lipinski definition) is 3. The van der Waals surface area contributed by atoms with Crippen molar-refractivity contribution >= 4 is 29.1 Å². The van der Waals surface area contributed by atoms with Gasteiger partial charge in [0.15, 0.2) is 0 Å². The van der Waals surface area contributed by atoms with Crippen molar-refractivity contribution in [2.45, 2.75) is 11.8 Å².